The van der Waals surface area contributed by atoms with Crippen molar-refractivity contribution in [3.63, 3.8) is 0 Å². The highest BCUT2D eigenvalue weighted by Gasteiger charge is 2.66. The number of benzene rings is 1. The van der Waals surface area contributed by atoms with Gasteiger partial charge in [-0.3, -0.25) is 10.1 Å². The van der Waals surface area contributed by atoms with Crippen molar-refractivity contribution in [3.8, 4) is 0 Å². The quantitative estimate of drug-likeness (QED) is 0.358. The third kappa shape index (κ3) is 4.15. The number of nitro benzene ring substituents is 1. The number of allylic oxidation sites excluding steroid dienone is 2. The lowest BCUT2D eigenvalue weighted by molar-refractivity contribution is -0.384. The maximum atomic E-state index is 12.4. The van der Waals surface area contributed by atoms with Crippen LogP contribution in [-0.2, 0) is 11.4 Å². The van der Waals surface area contributed by atoms with E-state index >= 15 is 0 Å². The normalized spacial score (nSPS) is 36.4. The zero-order chi connectivity index (χ0) is 27.4. The van der Waals surface area contributed by atoms with Gasteiger partial charge >= 0.3 is 5.63 Å². The lowest BCUT2D eigenvalue weighted by Gasteiger charge is -2.61. The second-order valence-corrected chi connectivity index (χ2v) is 12.5. The Labute approximate surface area is 227 Å². The molecule has 4 aliphatic rings. The van der Waals surface area contributed by atoms with Crippen LogP contribution in [-0.4, -0.2) is 21.3 Å². The summed E-state index contributed by atoms with van der Waals surface area (Å²) in [5, 5.41) is 27.7. The van der Waals surface area contributed by atoms with Gasteiger partial charge in [-0.25, -0.2) is 4.79 Å². The molecule has 1 aromatic carbocycles. The lowest BCUT2D eigenvalue weighted by atomic mass is 9.45. The third-order valence-corrected chi connectivity index (χ3v) is 10.8. The van der Waals surface area contributed by atoms with Crippen molar-refractivity contribution in [1.29, 1.82) is 0 Å². The van der Waals surface area contributed by atoms with Gasteiger partial charge in [0, 0.05) is 23.6 Å². The number of hydrogen-bond acceptors (Lipinski definition) is 7. The van der Waals surface area contributed by atoms with Crippen LogP contribution in [0, 0.1) is 32.8 Å². The summed E-state index contributed by atoms with van der Waals surface area (Å²) in [5.41, 5.74) is 3.02. The number of fused-ring (bicyclic) bond motifs is 5. The van der Waals surface area contributed by atoms with Gasteiger partial charge in [0.1, 0.15) is 6.61 Å². The van der Waals surface area contributed by atoms with Gasteiger partial charge in [0.25, 0.3) is 5.69 Å². The van der Waals surface area contributed by atoms with Crippen molar-refractivity contribution in [2.45, 2.75) is 83.3 Å². The van der Waals surface area contributed by atoms with E-state index in [4.69, 9.17) is 9.25 Å². The highest BCUT2D eigenvalue weighted by Crippen LogP contribution is 2.69. The molecule has 0 aliphatic heterocycles. The molecule has 2 unspecified atom stereocenters. The molecule has 1 N–H and O–H groups in total. The zero-order valence-corrected chi connectivity index (χ0v) is 22.6. The van der Waals surface area contributed by atoms with E-state index in [0.717, 1.165) is 68.2 Å². The molecule has 8 nitrogen and oxygen atoms in total. The fraction of sp³-hybridized carbons (Fsp3) is 0.548. The van der Waals surface area contributed by atoms with Gasteiger partial charge in [0.2, 0.25) is 0 Å². The summed E-state index contributed by atoms with van der Waals surface area (Å²) in [7, 11) is 0. The predicted octanol–water partition coefficient (Wildman–Crippen LogP) is 6.28. The Hall–Kier alpha value is -3.26. The summed E-state index contributed by atoms with van der Waals surface area (Å²) in [6.07, 6.45) is 11.3. The number of non-ortho nitro benzene ring substituents is 1. The van der Waals surface area contributed by atoms with Crippen molar-refractivity contribution in [3.05, 3.63) is 86.0 Å². The minimum Gasteiger partial charge on any atom is -0.431 e. The molecule has 0 radical (unpaired) electrons. The molecule has 0 bridgehead atoms. The van der Waals surface area contributed by atoms with Gasteiger partial charge < -0.3 is 14.4 Å². The molecule has 0 amide bonds. The summed E-state index contributed by atoms with van der Waals surface area (Å²) in [6.45, 7) is 4.91. The Balaban J connectivity index is 1.18. The smallest absolute Gasteiger partial charge is 0.335 e. The second kappa shape index (κ2) is 9.44. The van der Waals surface area contributed by atoms with E-state index in [0.29, 0.717) is 5.92 Å². The van der Waals surface area contributed by atoms with E-state index in [2.05, 4.69) is 25.1 Å². The topological polar surface area (TPSA) is 115 Å². The first-order chi connectivity index (χ1) is 18.6. The molecular weight excluding hydrogens is 496 g/mol. The highest BCUT2D eigenvalue weighted by atomic mass is 16.6. The van der Waals surface area contributed by atoms with Crippen molar-refractivity contribution in [2.24, 2.45) is 27.8 Å². The molecule has 2 aromatic rings. The number of oxime groups is 1. The number of nitro groups is 1. The molecule has 8 heteroatoms. The first-order valence-corrected chi connectivity index (χ1v) is 14.1. The molecule has 6 rings (SSSR count). The lowest BCUT2D eigenvalue weighted by Crippen LogP contribution is -2.60. The van der Waals surface area contributed by atoms with Gasteiger partial charge in [-0.15, -0.1) is 0 Å². The molecule has 0 saturated heterocycles. The zero-order valence-electron chi connectivity index (χ0n) is 22.6. The van der Waals surface area contributed by atoms with Gasteiger partial charge in [0.05, 0.1) is 22.5 Å². The SMILES string of the molecule is C[C@]12CCC(=NOCc3ccc([N+](=O)[O-])cc3)C=C1CCC1C2CC[C@]2(C)[C@@H](c3ccc(=O)oc3)CC[C@]12O. The van der Waals surface area contributed by atoms with Gasteiger partial charge in [-0.1, -0.05) is 24.6 Å². The number of nitrogens with zero attached hydrogens (tertiary/aromatic N) is 2. The van der Waals surface area contributed by atoms with Crippen LogP contribution in [0.25, 0.3) is 0 Å². The van der Waals surface area contributed by atoms with E-state index in [1.54, 1.807) is 18.4 Å². The fourth-order valence-electron chi connectivity index (χ4n) is 8.62. The maximum absolute atomic E-state index is 12.4. The highest BCUT2D eigenvalue weighted by molar-refractivity contribution is 5.96. The largest absolute Gasteiger partial charge is 0.431 e. The van der Waals surface area contributed by atoms with Crippen LogP contribution in [0.4, 0.5) is 5.69 Å². The fourth-order valence-corrected chi connectivity index (χ4v) is 8.62. The Morgan fingerprint density at radius 2 is 1.85 bits per heavy atom. The van der Waals surface area contributed by atoms with Crippen LogP contribution in [0.2, 0.25) is 0 Å². The van der Waals surface area contributed by atoms with Crippen molar-refractivity contribution >= 4 is 11.4 Å². The molecule has 0 spiro atoms. The van der Waals surface area contributed by atoms with Gasteiger partial charge in [-0.2, -0.15) is 0 Å². The van der Waals surface area contributed by atoms with E-state index in [1.807, 2.05) is 6.07 Å². The molecular formula is C31H36N2O6. The first-order valence-electron chi connectivity index (χ1n) is 14.1. The minimum atomic E-state index is -0.729. The van der Waals surface area contributed by atoms with E-state index in [9.17, 15) is 20.0 Å². The van der Waals surface area contributed by atoms with Crippen LogP contribution in [0.15, 0.2) is 68.7 Å². The van der Waals surface area contributed by atoms with E-state index < -0.39 is 10.5 Å². The molecule has 206 valence electrons. The maximum Gasteiger partial charge on any atom is 0.335 e. The van der Waals surface area contributed by atoms with Gasteiger partial charge in [0.15, 0.2) is 0 Å². The third-order valence-electron chi connectivity index (χ3n) is 10.8. The average Bonchev–Trinajstić information content (AvgIpc) is 3.20. The summed E-state index contributed by atoms with van der Waals surface area (Å²) in [5.74, 6) is 0.858. The summed E-state index contributed by atoms with van der Waals surface area (Å²) < 4.78 is 5.21. The number of rotatable bonds is 5. The molecule has 3 saturated carbocycles. The van der Waals surface area contributed by atoms with Crippen LogP contribution in [0.5, 0.6) is 0 Å². The molecule has 3 fully saturated rings. The van der Waals surface area contributed by atoms with Crippen molar-refractivity contribution in [1.82, 2.24) is 0 Å². The Morgan fingerprint density at radius 1 is 1.05 bits per heavy atom. The second-order valence-electron chi connectivity index (χ2n) is 12.5. The number of aliphatic hydroxyl groups is 1. The summed E-state index contributed by atoms with van der Waals surface area (Å²) in [4.78, 5) is 27.6. The van der Waals surface area contributed by atoms with Crippen molar-refractivity contribution in [2.75, 3.05) is 0 Å². The molecule has 39 heavy (non-hydrogen) atoms. The average molecular weight is 533 g/mol. The Morgan fingerprint density at radius 3 is 2.56 bits per heavy atom. The molecule has 6 atom stereocenters. The Bertz CT molecular complexity index is 1380. The molecule has 1 aromatic heterocycles. The van der Waals surface area contributed by atoms with Crippen LogP contribution in [0.1, 0.15) is 82.3 Å². The summed E-state index contributed by atoms with van der Waals surface area (Å²) in [6, 6.07) is 9.72. The standard InChI is InChI=1S/C31H36N2O6/c1-29-14-11-23(32-39-18-20-3-7-24(8-4-20)33(36)37)17-22(29)6-9-27-26(29)12-15-30(2)25(13-16-31(27,30)35)21-5-10-28(34)38-19-21/h3-5,7-8,10,17,19,25-27,35H,6,9,11-16,18H2,1-2H3/t25-,26?,27?,29+,30-,31+/m1/s1. The minimum absolute atomic E-state index is 0.0367. The van der Waals surface area contributed by atoms with Crippen LogP contribution in [0.3, 0.4) is 0 Å². The first kappa shape index (κ1) is 26.0. The Kier molecular flexibility index (Phi) is 6.29. The van der Waals surface area contributed by atoms with Crippen LogP contribution >= 0.6 is 0 Å². The van der Waals surface area contributed by atoms with Gasteiger partial charge in [-0.05, 0) is 110 Å². The van der Waals surface area contributed by atoms with E-state index in [1.165, 1.54) is 23.8 Å². The summed E-state index contributed by atoms with van der Waals surface area (Å²) >= 11 is 0. The van der Waals surface area contributed by atoms with Crippen LogP contribution < -0.4 is 5.63 Å². The van der Waals surface area contributed by atoms with Crippen molar-refractivity contribution < 1.29 is 19.3 Å². The monoisotopic (exact) mass is 532 g/mol. The molecule has 1 heterocycles. The van der Waals surface area contributed by atoms with E-state index in [-0.39, 0.29) is 40.6 Å². The number of hydrogen-bond donors (Lipinski definition) is 1. The predicted molar refractivity (Wildman–Crippen MR) is 146 cm³/mol. The molecule has 4 aliphatic carbocycles.